The first-order valence-corrected chi connectivity index (χ1v) is 6.25. The van der Waals surface area contributed by atoms with E-state index < -0.39 is 11.4 Å². The highest BCUT2D eigenvalue weighted by molar-refractivity contribution is 5.82. The maximum atomic E-state index is 11.7. The summed E-state index contributed by atoms with van der Waals surface area (Å²) in [6.07, 6.45) is 0. The Bertz CT molecular complexity index is 556. The number of aliphatic carboxylic acids is 1. The predicted octanol–water partition coefficient (Wildman–Crippen LogP) is 1.10. The molecule has 2 atom stereocenters. The third-order valence-corrected chi connectivity index (χ3v) is 4.19. The molecule has 1 saturated heterocycles. The molecule has 1 amide bonds. The number of ether oxygens (including phenoxy) is 1. The van der Waals surface area contributed by atoms with Crippen molar-refractivity contribution in [3.8, 4) is 5.75 Å². The molecule has 0 radical (unpaired) electrons. The van der Waals surface area contributed by atoms with Crippen molar-refractivity contribution in [2.75, 3.05) is 19.7 Å². The second-order valence-electron chi connectivity index (χ2n) is 5.24. The van der Waals surface area contributed by atoms with Crippen LogP contribution in [0.25, 0.3) is 0 Å². The van der Waals surface area contributed by atoms with E-state index in [0.717, 1.165) is 11.3 Å². The molecule has 2 aliphatic heterocycles. The van der Waals surface area contributed by atoms with Crippen molar-refractivity contribution < 1.29 is 19.4 Å². The van der Waals surface area contributed by atoms with E-state index in [4.69, 9.17) is 4.74 Å². The summed E-state index contributed by atoms with van der Waals surface area (Å²) in [4.78, 5) is 24.9. The van der Waals surface area contributed by atoms with E-state index in [-0.39, 0.29) is 25.0 Å². The van der Waals surface area contributed by atoms with E-state index >= 15 is 0 Å². The van der Waals surface area contributed by atoms with Crippen molar-refractivity contribution in [2.45, 2.75) is 12.8 Å². The van der Waals surface area contributed by atoms with Gasteiger partial charge in [0.15, 0.2) is 0 Å². The number of carboxylic acid groups (broad SMARTS) is 1. The van der Waals surface area contributed by atoms with Crippen LogP contribution >= 0.6 is 0 Å². The molecule has 0 aromatic heterocycles. The molecule has 2 aliphatic rings. The summed E-state index contributed by atoms with van der Waals surface area (Å²) in [6.45, 7) is 2.26. The molecule has 1 aromatic carbocycles. The molecular weight excluding hydrogens is 246 g/mol. The van der Waals surface area contributed by atoms with Crippen LogP contribution in [0.15, 0.2) is 24.3 Å². The largest absolute Gasteiger partial charge is 0.492 e. The summed E-state index contributed by atoms with van der Waals surface area (Å²) >= 11 is 0. The fraction of sp³-hybridized carbons (Fsp3) is 0.429. The average Bonchev–Trinajstić information content (AvgIpc) is 2.80. The third kappa shape index (κ3) is 1.61. The second-order valence-corrected chi connectivity index (χ2v) is 5.24. The first kappa shape index (κ1) is 12.0. The molecule has 0 bridgehead atoms. The summed E-state index contributed by atoms with van der Waals surface area (Å²) in [7, 11) is 0. The van der Waals surface area contributed by atoms with Gasteiger partial charge in [-0.05, 0) is 6.07 Å². The van der Waals surface area contributed by atoms with Gasteiger partial charge in [0.1, 0.15) is 17.8 Å². The monoisotopic (exact) mass is 261 g/mol. The highest BCUT2D eigenvalue weighted by atomic mass is 16.5. The standard InChI is InChI=1S/C14H15NO4/c1-9(16)15-6-11-10-4-2-3-5-12(10)19-8-14(11,7-15)13(17)18/h2-5,11H,6-8H2,1H3,(H,17,18)/t11-,14-/m1/s1. The second kappa shape index (κ2) is 3.98. The molecule has 0 saturated carbocycles. The molecule has 19 heavy (non-hydrogen) atoms. The molecule has 3 rings (SSSR count). The summed E-state index contributed by atoms with van der Waals surface area (Å²) in [5, 5.41) is 9.61. The molecule has 5 nitrogen and oxygen atoms in total. The Morgan fingerprint density at radius 2 is 2.16 bits per heavy atom. The van der Waals surface area contributed by atoms with Gasteiger partial charge in [0.05, 0.1) is 0 Å². The van der Waals surface area contributed by atoms with Crippen molar-refractivity contribution in [1.29, 1.82) is 0 Å². The quantitative estimate of drug-likeness (QED) is 0.822. The van der Waals surface area contributed by atoms with E-state index in [2.05, 4.69) is 0 Å². The van der Waals surface area contributed by atoms with Gasteiger partial charge in [-0.1, -0.05) is 18.2 Å². The van der Waals surface area contributed by atoms with Gasteiger partial charge in [0, 0.05) is 31.5 Å². The Labute approximate surface area is 110 Å². The molecule has 1 aromatic rings. The molecule has 100 valence electrons. The summed E-state index contributed by atoms with van der Waals surface area (Å²) < 4.78 is 5.61. The number of para-hydroxylation sites is 1. The molecule has 0 aliphatic carbocycles. The predicted molar refractivity (Wildman–Crippen MR) is 67.0 cm³/mol. The number of hydrogen-bond donors (Lipinski definition) is 1. The lowest BCUT2D eigenvalue weighted by Gasteiger charge is -2.35. The van der Waals surface area contributed by atoms with Crippen molar-refractivity contribution in [2.24, 2.45) is 5.41 Å². The van der Waals surface area contributed by atoms with Crippen LogP contribution in [-0.2, 0) is 9.59 Å². The van der Waals surface area contributed by atoms with Gasteiger partial charge >= 0.3 is 5.97 Å². The molecule has 0 spiro atoms. The highest BCUT2D eigenvalue weighted by Crippen LogP contribution is 2.49. The van der Waals surface area contributed by atoms with Crippen molar-refractivity contribution in [1.82, 2.24) is 4.90 Å². The molecule has 5 heteroatoms. The number of fused-ring (bicyclic) bond motifs is 3. The zero-order valence-corrected chi connectivity index (χ0v) is 10.6. The van der Waals surface area contributed by atoms with Gasteiger partial charge in [-0.2, -0.15) is 0 Å². The molecule has 0 unspecified atom stereocenters. The fourth-order valence-corrected chi connectivity index (χ4v) is 3.08. The topological polar surface area (TPSA) is 66.8 Å². The summed E-state index contributed by atoms with van der Waals surface area (Å²) in [6, 6.07) is 7.47. The van der Waals surface area contributed by atoms with E-state index in [1.165, 1.54) is 6.92 Å². The van der Waals surface area contributed by atoms with Gasteiger partial charge in [-0.3, -0.25) is 9.59 Å². The van der Waals surface area contributed by atoms with Gasteiger partial charge in [0.2, 0.25) is 5.91 Å². The van der Waals surface area contributed by atoms with E-state index in [1.807, 2.05) is 24.3 Å². The Kier molecular flexibility index (Phi) is 2.52. The van der Waals surface area contributed by atoms with Gasteiger partial charge in [0.25, 0.3) is 0 Å². The van der Waals surface area contributed by atoms with Gasteiger partial charge < -0.3 is 14.7 Å². The fourth-order valence-electron chi connectivity index (χ4n) is 3.08. The van der Waals surface area contributed by atoms with Crippen molar-refractivity contribution >= 4 is 11.9 Å². The molecule has 1 N–H and O–H groups in total. The zero-order chi connectivity index (χ0) is 13.6. The van der Waals surface area contributed by atoms with Gasteiger partial charge in [-0.25, -0.2) is 0 Å². The minimum Gasteiger partial charge on any atom is -0.492 e. The molecule has 2 heterocycles. The van der Waals surface area contributed by atoms with Crippen molar-refractivity contribution in [3.63, 3.8) is 0 Å². The Balaban J connectivity index is 2.08. The number of carbonyl (C=O) groups excluding carboxylic acids is 1. The lowest BCUT2D eigenvalue weighted by molar-refractivity contribution is -0.152. The third-order valence-electron chi connectivity index (χ3n) is 4.19. The van der Waals surface area contributed by atoms with Crippen molar-refractivity contribution in [3.05, 3.63) is 29.8 Å². The van der Waals surface area contributed by atoms with Crippen LogP contribution in [0.1, 0.15) is 18.4 Å². The first-order chi connectivity index (χ1) is 9.04. The van der Waals surface area contributed by atoms with Crippen LogP contribution in [-0.4, -0.2) is 41.6 Å². The van der Waals surface area contributed by atoms with Crippen LogP contribution in [0.2, 0.25) is 0 Å². The number of nitrogens with zero attached hydrogens (tertiary/aromatic N) is 1. The minimum absolute atomic E-state index is 0.0903. The Hall–Kier alpha value is -2.04. The number of hydrogen-bond acceptors (Lipinski definition) is 3. The minimum atomic E-state index is -1.01. The zero-order valence-electron chi connectivity index (χ0n) is 10.6. The van der Waals surface area contributed by atoms with Gasteiger partial charge in [-0.15, -0.1) is 0 Å². The van der Waals surface area contributed by atoms with Crippen LogP contribution in [0.5, 0.6) is 5.75 Å². The lowest BCUT2D eigenvalue weighted by atomic mass is 9.73. The van der Waals surface area contributed by atoms with Crippen LogP contribution < -0.4 is 4.74 Å². The Morgan fingerprint density at radius 3 is 2.84 bits per heavy atom. The maximum Gasteiger partial charge on any atom is 0.315 e. The number of likely N-dealkylation sites (tertiary alicyclic amines) is 1. The number of benzene rings is 1. The number of amides is 1. The first-order valence-electron chi connectivity index (χ1n) is 6.25. The van der Waals surface area contributed by atoms with E-state index in [1.54, 1.807) is 4.90 Å². The lowest BCUT2D eigenvalue weighted by Crippen LogP contribution is -2.45. The Morgan fingerprint density at radius 1 is 1.42 bits per heavy atom. The number of carboxylic acids is 1. The van der Waals surface area contributed by atoms with Crippen LogP contribution in [0.4, 0.5) is 0 Å². The summed E-state index contributed by atoms with van der Waals surface area (Å²) in [5.41, 5.74) is -0.125. The number of carbonyl (C=O) groups is 2. The van der Waals surface area contributed by atoms with E-state index in [0.29, 0.717) is 6.54 Å². The van der Waals surface area contributed by atoms with Crippen LogP contribution in [0, 0.1) is 5.41 Å². The molecular formula is C14H15NO4. The number of rotatable bonds is 1. The highest BCUT2D eigenvalue weighted by Gasteiger charge is 2.57. The SMILES string of the molecule is CC(=O)N1C[C@@H]2c3ccccc3OC[C@]2(C(=O)O)C1. The van der Waals surface area contributed by atoms with Crippen LogP contribution in [0.3, 0.4) is 0 Å². The van der Waals surface area contributed by atoms with E-state index in [9.17, 15) is 14.7 Å². The maximum absolute atomic E-state index is 11.7. The summed E-state index contributed by atoms with van der Waals surface area (Å²) in [5.74, 6) is -0.447. The smallest absolute Gasteiger partial charge is 0.315 e. The normalized spacial score (nSPS) is 28.3. The molecule has 1 fully saturated rings. The average molecular weight is 261 g/mol.